The van der Waals surface area contributed by atoms with Crippen molar-refractivity contribution in [2.75, 3.05) is 9.80 Å². The Bertz CT molecular complexity index is 3060. The summed E-state index contributed by atoms with van der Waals surface area (Å²) in [6.07, 6.45) is 4.63. The molecule has 12 rings (SSSR count). The Morgan fingerprint density at radius 3 is 1.11 bits per heavy atom. The SMILES string of the molecule is CC1(C)CC(C)(C)C2(C)c3cc(-c4ccc5ccc6c(-c7ccc8c(c7)C7(C)C(C)(C)CC(C)(C)CC7(C)N8c7ccccc7)ccc7ccc4c5c76)ccc3N(c3ccccc3)C2(C)C1. The van der Waals surface area contributed by atoms with Crippen LogP contribution in [0.15, 0.2) is 146 Å². The minimum Gasteiger partial charge on any atom is -0.334 e. The minimum absolute atomic E-state index is 0.0657. The first-order valence-electron chi connectivity index (χ1n) is 24.9. The van der Waals surface area contributed by atoms with E-state index < -0.39 is 0 Å². The Kier molecular flexibility index (Phi) is 8.29. The zero-order valence-corrected chi connectivity index (χ0v) is 41.6. The summed E-state index contributed by atoms with van der Waals surface area (Å²) in [4.78, 5) is 5.44. The number of fused-ring (bicyclic) bond motifs is 6. The highest BCUT2D eigenvalue weighted by Gasteiger charge is 2.69. The fraction of sp³-hybridized carbons (Fsp3) is 0.375. The van der Waals surface area contributed by atoms with E-state index in [1.165, 1.54) is 101 Å². The molecule has 4 unspecified atom stereocenters. The van der Waals surface area contributed by atoms with E-state index in [0.29, 0.717) is 0 Å². The lowest BCUT2D eigenvalue weighted by Gasteiger charge is -2.62. The highest BCUT2D eigenvalue weighted by atomic mass is 15.3. The van der Waals surface area contributed by atoms with Crippen molar-refractivity contribution in [3.63, 3.8) is 0 Å². The average molecular weight is 865 g/mol. The molecular formula is C64H68N2. The number of para-hydroxylation sites is 2. The molecule has 0 aromatic heterocycles. The molecule has 2 aliphatic carbocycles. The summed E-state index contributed by atoms with van der Waals surface area (Å²) in [6.45, 7) is 30.4. The summed E-state index contributed by atoms with van der Waals surface area (Å²) in [7, 11) is 0. The molecule has 0 saturated heterocycles. The van der Waals surface area contributed by atoms with Gasteiger partial charge in [0.1, 0.15) is 0 Å². The van der Waals surface area contributed by atoms with E-state index in [4.69, 9.17) is 0 Å². The molecule has 2 heterocycles. The highest BCUT2D eigenvalue weighted by Crippen LogP contribution is 2.71. The number of hydrogen-bond acceptors (Lipinski definition) is 2. The molecule has 0 amide bonds. The van der Waals surface area contributed by atoms with Crippen LogP contribution >= 0.6 is 0 Å². The molecule has 2 saturated carbocycles. The van der Waals surface area contributed by atoms with Gasteiger partial charge in [0.15, 0.2) is 0 Å². The molecule has 2 nitrogen and oxygen atoms in total. The standard InChI is InChI=1S/C64H68N2/c1-57(2)37-59(5,6)63(11)51-35-43(27-33-53(51)65(61(63,9)39-57)45-19-15-13-16-20-45)47-29-23-41-26-32-50-48(30-24-42-25-31-49(47)55(41)56(42)50)44-28-34-54-52(36-44)64(12)60(7,8)38-58(3,4)40-62(64,10)66(54)46-21-17-14-18-22-46/h13-36H,37-40H2,1-12H3. The first-order valence-corrected chi connectivity index (χ1v) is 24.9. The maximum Gasteiger partial charge on any atom is 0.0528 e. The minimum atomic E-state index is -0.101. The van der Waals surface area contributed by atoms with Gasteiger partial charge in [-0.05, 0) is 175 Å². The first kappa shape index (κ1) is 41.8. The van der Waals surface area contributed by atoms with Crippen LogP contribution in [0.25, 0.3) is 54.6 Å². The second-order valence-electron chi connectivity index (χ2n) is 25.1. The van der Waals surface area contributed by atoms with Crippen molar-refractivity contribution < 1.29 is 0 Å². The number of rotatable bonds is 4. The van der Waals surface area contributed by atoms with Crippen molar-refractivity contribution in [3.8, 4) is 22.3 Å². The van der Waals surface area contributed by atoms with Crippen LogP contribution in [0.5, 0.6) is 0 Å². The second-order valence-corrected chi connectivity index (χ2v) is 25.1. The second kappa shape index (κ2) is 13.1. The Hall–Kier alpha value is -5.60. The van der Waals surface area contributed by atoms with Crippen molar-refractivity contribution in [2.24, 2.45) is 21.7 Å². The number of hydrogen-bond donors (Lipinski definition) is 0. The number of benzene rings is 8. The molecule has 2 heteroatoms. The molecule has 2 fully saturated rings. The highest BCUT2D eigenvalue weighted by molar-refractivity contribution is 6.27. The van der Waals surface area contributed by atoms with Crippen LogP contribution in [0, 0.1) is 21.7 Å². The molecule has 66 heavy (non-hydrogen) atoms. The average Bonchev–Trinajstić information content (AvgIpc) is 3.59. The molecule has 2 aliphatic heterocycles. The summed E-state index contributed by atoms with van der Waals surface area (Å²) < 4.78 is 0. The Balaban J connectivity index is 1.03. The predicted octanol–water partition coefficient (Wildman–Crippen LogP) is 17.9. The van der Waals surface area contributed by atoms with Gasteiger partial charge in [0.25, 0.3) is 0 Å². The lowest BCUT2D eigenvalue weighted by Crippen LogP contribution is -2.65. The van der Waals surface area contributed by atoms with Crippen LogP contribution in [-0.2, 0) is 10.8 Å². The molecule has 0 bridgehead atoms. The molecule has 8 aromatic rings. The number of anilines is 4. The van der Waals surface area contributed by atoms with Gasteiger partial charge < -0.3 is 9.80 Å². The van der Waals surface area contributed by atoms with Crippen molar-refractivity contribution in [1.82, 2.24) is 0 Å². The van der Waals surface area contributed by atoms with E-state index in [1.54, 1.807) is 0 Å². The molecule has 0 spiro atoms. The third-order valence-electron chi connectivity index (χ3n) is 19.2. The molecule has 0 radical (unpaired) electrons. The topological polar surface area (TPSA) is 6.48 Å². The largest absolute Gasteiger partial charge is 0.334 e. The van der Waals surface area contributed by atoms with E-state index in [-0.39, 0.29) is 43.6 Å². The van der Waals surface area contributed by atoms with E-state index in [0.717, 1.165) is 12.8 Å². The summed E-state index contributed by atoms with van der Waals surface area (Å²) in [5.74, 6) is 0. The zero-order valence-electron chi connectivity index (χ0n) is 41.6. The lowest BCUT2D eigenvalue weighted by molar-refractivity contribution is -0.0239. The van der Waals surface area contributed by atoms with Gasteiger partial charge in [-0.25, -0.2) is 0 Å². The van der Waals surface area contributed by atoms with E-state index in [1.807, 2.05) is 0 Å². The quantitative estimate of drug-likeness (QED) is 0.163. The van der Waals surface area contributed by atoms with Crippen LogP contribution < -0.4 is 9.80 Å². The van der Waals surface area contributed by atoms with E-state index in [2.05, 4.69) is 238 Å². The van der Waals surface area contributed by atoms with Gasteiger partial charge in [-0.15, -0.1) is 0 Å². The maximum atomic E-state index is 2.72. The third kappa shape index (κ3) is 5.20. The van der Waals surface area contributed by atoms with Crippen molar-refractivity contribution in [2.45, 2.75) is 131 Å². The van der Waals surface area contributed by atoms with E-state index >= 15 is 0 Å². The van der Waals surface area contributed by atoms with Crippen molar-refractivity contribution in [1.29, 1.82) is 0 Å². The summed E-state index contributed by atoms with van der Waals surface area (Å²) in [6, 6.07) is 56.4. The van der Waals surface area contributed by atoms with Gasteiger partial charge in [0.05, 0.1) is 11.1 Å². The van der Waals surface area contributed by atoms with Crippen molar-refractivity contribution >= 4 is 55.1 Å². The first-order chi connectivity index (χ1) is 31.1. The molecular weight excluding hydrogens is 797 g/mol. The lowest BCUT2D eigenvalue weighted by atomic mass is 9.45. The fourth-order valence-electron chi connectivity index (χ4n) is 16.9. The molecule has 8 aromatic carbocycles. The molecule has 4 aliphatic rings. The zero-order chi connectivity index (χ0) is 46.2. The monoisotopic (exact) mass is 865 g/mol. The normalized spacial score (nSPS) is 27.8. The molecule has 334 valence electrons. The predicted molar refractivity (Wildman–Crippen MR) is 283 cm³/mol. The smallest absolute Gasteiger partial charge is 0.0528 e. The van der Waals surface area contributed by atoms with Crippen LogP contribution in [0.3, 0.4) is 0 Å². The summed E-state index contributed by atoms with van der Waals surface area (Å²) in [5, 5.41) is 8.02. The van der Waals surface area contributed by atoms with Crippen LogP contribution in [-0.4, -0.2) is 11.1 Å². The Labute approximate surface area is 394 Å². The van der Waals surface area contributed by atoms with Gasteiger partial charge >= 0.3 is 0 Å². The molecule has 4 atom stereocenters. The van der Waals surface area contributed by atoms with Crippen LogP contribution in [0.4, 0.5) is 22.7 Å². The van der Waals surface area contributed by atoms with Gasteiger partial charge in [0, 0.05) is 33.6 Å². The van der Waals surface area contributed by atoms with Crippen molar-refractivity contribution in [3.05, 3.63) is 157 Å². The van der Waals surface area contributed by atoms with Gasteiger partial charge in [-0.3, -0.25) is 0 Å². The Morgan fingerprint density at radius 2 is 0.727 bits per heavy atom. The van der Waals surface area contributed by atoms with Gasteiger partial charge in [-0.2, -0.15) is 0 Å². The van der Waals surface area contributed by atoms with Gasteiger partial charge in [0.2, 0.25) is 0 Å². The summed E-state index contributed by atoms with van der Waals surface area (Å²) >= 11 is 0. The summed E-state index contributed by atoms with van der Waals surface area (Å²) in [5.41, 5.74) is 13.7. The third-order valence-corrected chi connectivity index (χ3v) is 19.2. The Morgan fingerprint density at radius 1 is 0.364 bits per heavy atom. The molecule has 0 N–H and O–H groups in total. The van der Waals surface area contributed by atoms with Crippen LogP contribution in [0.2, 0.25) is 0 Å². The maximum absolute atomic E-state index is 2.72. The van der Waals surface area contributed by atoms with E-state index in [9.17, 15) is 0 Å². The van der Waals surface area contributed by atoms with Crippen LogP contribution in [0.1, 0.15) is 120 Å². The number of nitrogens with zero attached hydrogens (tertiary/aromatic N) is 2. The van der Waals surface area contributed by atoms with Gasteiger partial charge in [-0.1, -0.05) is 166 Å². The fourth-order valence-corrected chi connectivity index (χ4v) is 16.9.